The predicted molar refractivity (Wildman–Crippen MR) is 261 cm³/mol. The molecule has 0 heterocycles. The van der Waals surface area contributed by atoms with Crippen LogP contribution in [0.1, 0.15) is 278 Å². The van der Waals surface area contributed by atoms with E-state index in [9.17, 15) is 14.4 Å². The molecule has 0 rings (SSSR count). The molecular weight excluding hydrogens is 757 g/mol. The number of ether oxygens (including phenoxy) is 3. The van der Waals surface area contributed by atoms with Crippen molar-refractivity contribution in [1.82, 2.24) is 0 Å². The second-order valence-corrected chi connectivity index (χ2v) is 17.8. The molecule has 0 aromatic heterocycles. The topological polar surface area (TPSA) is 78.9 Å². The molecule has 1 atom stereocenters. The fourth-order valence-corrected chi connectivity index (χ4v) is 7.65. The van der Waals surface area contributed by atoms with Crippen molar-refractivity contribution in [3.63, 3.8) is 0 Å². The lowest BCUT2D eigenvalue weighted by Gasteiger charge is -2.18. The molecule has 0 aromatic carbocycles. The number of carbonyl (C=O) groups excluding carboxylic acids is 3. The van der Waals surface area contributed by atoms with Gasteiger partial charge in [0.25, 0.3) is 0 Å². The van der Waals surface area contributed by atoms with Crippen LogP contribution in [-0.2, 0) is 28.6 Å². The van der Waals surface area contributed by atoms with E-state index in [1.807, 2.05) is 0 Å². The minimum atomic E-state index is -0.782. The Labute approximate surface area is 378 Å². The van der Waals surface area contributed by atoms with Crippen LogP contribution in [-0.4, -0.2) is 37.2 Å². The van der Waals surface area contributed by atoms with Gasteiger partial charge < -0.3 is 14.2 Å². The summed E-state index contributed by atoms with van der Waals surface area (Å²) in [6.45, 7) is 6.50. The number of rotatable bonds is 48. The summed E-state index contributed by atoms with van der Waals surface area (Å²) in [6, 6.07) is 0. The van der Waals surface area contributed by atoms with Crippen molar-refractivity contribution in [3.8, 4) is 0 Å². The lowest BCUT2D eigenvalue weighted by molar-refractivity contribution is -0.167. The predicted octanol–water partition coefficient (Wildman–Crippen LogP) is 17.3. The molecule has 0 fully saturated rings. The molecule has 61 heavy (non-hydrogen) atoms. The lowest BCUT2D eigenvalue weighted by Crippen LogP contribution is -2.30. The van der Waals surface area contributed by atoms with E-state index < -0.39 is 6.10 Å². The molecule has 0 bridgehead atoms. The monoisotopic (exact) mass is 857 g/mol. The van der Waals surface area contributed by atoms with Gasteiger partial charge in [0.1, 0.15) is 13.2 Å². The van der Waals surface area contributed by atoms with E-state index in [1.54, 1.807) is 0 Å². The van der Waals surface area contributed by atoms with E-state index in [2.05, 4.69) is 57.2 Å². The summed E-state index contributed by atoms with van der Waals surface area (Å²) in [5, 5.41) is 0. The van der Waals surface area contributed by atoms with Crippen molar-refractivity contribution in [3.05, 3.63) is 36.5 Å². The molecule has 6 nitrogen and oxygen atoms in total. The molecule has 0 amide bonds. The van der Waals surface area contributed by atoms with Crippen molar-refractivity contribution in [2.75, 3.05) is 13.2 Å². The van der Waals surface area contributed by atoms with E-state index in [1.165, 1.54) is 167 Å². The zero-order valence-corrected chi connectivity index (χ0v) is 40.7. The molecule has 0 aliphatic carbocycles. The van der Waals surface area contributed by atoms with Crippen LogP contribution in [0.3, 0.4) is 0 Å². The first-order chi connectivity index (χ1) is 30.0. The van der Waals surface area contributed by atoms with E-state index in [4.69, 9.17) is 14.2 Å². The summed E-state index contributed by atoms with van der Waals surface area (Å²) < 4.78 is 16.8. The summed E-state index contributed by atoms with van der Waals surface area (Å²) in [5.74, 6) is -0.912. The van der Waals surface area contributed by atoms with E-state index >= 15 is 0 Å². The molecule has 0 radical (unpaired) electrons. The van der Waals surface area contributed by atoms with Crippen LogP contribution in [0.2, 0.25) is 0 Å². The highest BCUT2D eigenvalue weighted by Gasteiger charge is 2.19. The maximum atomic E-state index is 12.8. The molecular formula is C55H100O6. The summed E-state index contributed by atoms with van der Waals surface area (Å²) in [5.41, 5.74) is 0. The highest BCUT2D eigenvalue weighted by molar-refractivity contribution is 5.71. The number of unbranched alkanes of at least 4 members (excludes halogenated alkanes) is 31. The van der Waals surface area contributed by atoms with Gasteiger partial charge in [0.05, 0.1) is 0 Å². The quantitative estimate of drug-likeness (QED) is 0.0262. The summed E-state index contributed by atoms with van der Waals surface area (Å²) in [6.07, 6.45) is 58.6. The standard InChI is InChI=1S/C55H100O6/c1-4-7-10-13-16-19-21-23-25-27-29-31-33-36-39-42-45-48-54(57)60-51-52(50-59-53(56)47-44-41-38-35-18-15-12-9-6-3)61-55(58)49-46-43-40-37-34-32-30-28-26-24-22-20-17-14-11-8-5-2/h9,12,18,23,25,35,52H,4-8,10-11,13-17,19-22,24,26-34,36-51H2,1-3H3/b12-9-,25-23-,35-18-. The van der Waals surface area contributed by atoms with Gasteiger partial charge in [0.2, 0.25) is 0 Å². The summed E-state index contributed by atoms with van der Waals surface area (Å²) >= 11 is 0. The van der Waals surface area contributed by atoms with Crippen molar-refractivity contribution in [1.29, 1.82) is 0 Å². The lowest BCUT2D eigenvalue weighted by atomic mass is 10.0. The Morgan fingerprint density at radius 3 is 1.03 bits per heavy atom. The highest BCUT2D eigenvalue weighted by atomic mass is 16.6. The third-order valence-corrected chi connectivity index (χ3v) is 11.6. The molecule has 0 spiro atoms. The second-order valence-electron chi connectivity index (χ2n) is 17.8. The molecule has 1 unspecified atom stereocenters. The number of allylic oxidation sites excluding steroid dienone is 6. The molecule has 0 saturated heterocycles. The summed E-state index contributed by atoms with van der Waals surface area (Å²) in [4.78, 5) is 37.9. The van der Waals surface area contributed by atoms with Gasteiger partial charge in [-0.1, -0.05) is 224 Å². The maximum absolute atomic E-state index is 12.8. The van der Waals surface area contributed by atoms with Crippen LogP contribution in [0.5, 0.6) is 0 Å². The first-order valence-corrected chi connectivity index (χ1v) is 26.5. The van der Waals surface area contributed by atoms with Gasteiger partial charge in [0.15, 0.2) is 6.10 Å². The molecule has 0 aromatic rings. The van der Waals surface area contributed by atoms with Crippen LogP contribution < -0.4 is 0 Å². The number of hydrogen-bond donors (Lipinski definition) is 0. The number of hydrogen-bond acceptors (Lipinski definition) is 6. The fourth-order valence-electron chi connectivity index (χ4n) is 7.65. The third-order valence-electron chi connectivity index (χ3n) is 11.6. The Morgan fingerprint density at radius 2 is 0.639 bits per heavy atom. The number of esters is 3. The van der Waals surface area contributed by atoms with Crippen molar-refractivity contribution in [2.24, 2.45) is 0 Å². The van der Waals surface area contributed by atoms with Crippen LogP contribution in [0.4, 0.5) is 0 Å². The van der Waals surface area contributed by atoms with Gasteiger partial charge in [-0.25, -0.2) is 0 Å². The largest absolute Gasteiger partial charge is 0.462 e. The minimum absolute atomic E-state index is 0.0818. The molecule has 6 heteroatoms. The molecule has 0 aliphatic heterocycles. The van der Waals surface area contributed by atoms with Gasteiger partial charge in [-0.2, -0.15) is 0 Å². The molecule has 0 N–H and O–H groups in total. The Bertz CT molecular complexity index is 1030. The summed E-state index contributed by atoms with van der Waals surface area (Å²) in [7, 11) is 0. The second kappa shape index (κ2) is 50.3. The van der Waals surface area contributed by atoms with E-state index in [-0.39, 0.29) is 31.1 Å². The normalized spacial score (nSPS) is 12.2. The average molecular weight is 857 g/mol. The fraction of sp³-hybridized carbons (Fsp3) is 0.836. The zero-order chi connectivity index (χ0) is 44.4. The Balaban J connectivity index is 4.29. The van der Waals surface area contributed by atoms with Gasteiger partial charge in [-0.05, 0) is 70.6 Å². The Hall–Kier alpha value is -2.37. The molecule has 356 valence electrons. The Morgan fingerprint density at radius 1 is 0.344 bits per heavy atom. The maximum Gasteiger partial charge on any atom is 0.306 e. The van der Waals surface area contributed by atoms with E-state index in [0.717, 1.165) is 70.6 Å². The number of carbonyl (C=O) groups is 3. The Kier molecular flexibility index (Phi) is 48.3. The SMILES string of the molecule is CC/C=C\C/C=C\CCCCC(=O)OCC(COC(=O)CCCCCCCCC/C=C\CCCCCCCC)OC(=O)CCCCCCCCCCCCCCCCCCC. The third kappa shape index (κ3) is 48.5. The van der Waals surface area contributed by atoms with Gasteiger partial charge >= 0.3 is 17.9 Å². The first-order valence-electron chi connectivity index (χ1n) is 26.5. The van der Waals surface area contributed by atoms with Crippen LogP contribution in [0, 0.1) is 0 Å². The minimum Gasteiger partial charge on any atom is -0.462 e. The van der Waals surface area contributed by atoms with Crippen LogP contribution >= 0.6 is 0 Å². The van der Waals surface area contributed by atoms with Crippen molar-refractivity contribution in [2.45, 2.75) is 284 Å². The molecule has 0 saturated carbocycles. The van der Waals surface area contributed by atoms with Crippen molar-refractivity contribution >= 4 is 17.9 Å². The molecule has 0 aliphatic rings. The van der Waals surface area contributed by atoms with Crippen molar-refractivity contribution < 1.29 is 28.6 Å². The smallest absolute Gasteiger partial charge is 0.306 e. The van der Waals surface area contributed by atoms with Crippen LogP contribution in [0.25, 0.3) is 0 Å². The zero-order valence-electron chi connectivity index (χ0n) is 40.7. The van der Waals surface area contributed by atoms with Gasteiger partial charge in [0, 0.05) is 19.3 Å². The van der Waals surface area contributed by atoms with Gasteiger partial charge in [-0.3, -0.25) is 14.4 Å². The van der Waals surface area contributed by atoms with Gasteiger partial charge in [-0.15, -0.1) is 0 Å². The van der Waals surface area contributed by atoms with E-state index in [0.29, 0.717) is 19.3 Å². The van der Waals surface area contributed by atoms with Crippen LogP contribution in [0.15, 0.2) is 36.5 Å². The average Bonchev–Trinajstić information content (AvgIpc) is 3.26. The highest BCUT2D eigenvalue weighted by Crippen LogP contribution is 2.16. The first kappa shape index (κ1) is 58.6.